The van der Waals surface area contributed by atoms with Gasteiger partial charge >= 0.3 is 0 Å². The summed E-state index contributed by atoms with van der Waals surface area (Å²) in [5.74, 6) is -0.138. The van der Waals surface area contributed by atoms with E-state index in [1.807, 2.05) is 51.1 Å². The Morgan fingerprint density at radius 1 is 1.16 bits per heavy atom. The molecule has 1 N–H and O–H groups in total. The van der Waals surface area contributed by atoms with Crippen molar-refractivity contribution >= 4 is 5.78 Å². The van der Waals surface area contributed by atoms with E-state index < -0.39 is 5.41 Å². The Balaban J connectivity index is 2.60. The minimum atomic E-state index is -0.569. The highest BCUT2D eigenvalue weighted by atomic mass is 16.2. The first-order valence-corrected chi connectivity index (χ1v) is 6.24. The number of rotatable bonds is 2. The van der Waals surface area contributed by atoms with Crippen LogP contribution in [-0.2, 0) is 0 Å². The fourth-order valence-corrected chi connectivity index (χ4v) is 1.95. The number of ketones is 1. The molecule has 2 aromatic rings. The molecule has 1 aromatic heterocycles. The van der Waals surface area contributed by atoms with E-state index in [2.05, 4.69) is 5.10 Å². The van der Waals surface area contributed by atoms with Gasteiger partial charge in [0.15, 0.2) is 5.78 Å². The first kappa shape index (κ1) is 13.3. The van der Waals surface area contributed by atoms with Gasteiger partial charge in [0.1, 0.15) is 5.56 Å². The van der Waals surface area contributed by atoms with Gasteiger partial charge in [0, 0.05) is 11.1 Å². The van der Waals surface area contributed by atoms with Gasteiger partial charge in [-0.1, -0.05) is 39.0 Å². The minimum Gasteiger partial charge on any atom is -0.295 e. The van der Waals surface area contributed by atoms with Crippen LogP contribution in [0.2, 0.25) is 0 Å². The fraction of sp³-hybridized carbons (Fsp3) is 0.333. The second kappa shape index (κ2) is 4.53. The molecular weight excluding hydrogens is 240 g/mol. The third kappa shape index (κ3) is 2.38. The van der Waals surface area contributed by atoms with Crippen molar-refractivity contribution in [2.45, 2.75) is 27.7 Å². The zero-order valence-electron chi connectivity index (χ0n) is 11.7. The number of H-pyrrole nitrogens is 1. The van der Waals surface area contributed by atoms with Gasteiger partial charge in [-0.15, -0.1) is 0 Å². The summed E-state index contributed by atoms with van der Waals surface area (Å²) in [6.45, 7) is 7.19. The number of aromatic amines is 1. The quantitative estimate of drug-likeness (QED) is 0.842. The third-order valence-electron chi connectivity index (χ3n) is 2.99. The smallest absolute Gasteiger partial charge is 0.282 e. The first-order valence-electron chi connectivity index (χ1n) is 6.24. The molecule has 0 spiro atoms. The fourth-order valence-electron chi connectivity index (χ4n) is 1.95. The topological polar surface area (TPSA) is 54.9 Å². The molecule has 4 heteroatoms. The maximum Gasteiger partial charge on any atom is 0.282 e. The molecule has 0 bridgehead atoms. The SMILES string of the molecule is Cc1[nH]n(-c2ccccc2)c(=O)c1C(=O)C(C)(C)C. The van der Waals surface area contributed by atoms with Crippen LogP contribution < -0.4 is 5.56 Å². The van der Waals surface area contributed by atoms with E-state index in [4.69, 9.17) is 0 Å². The largest absolute Gasteiger partial charge is 0.295 e. The van der Waals surface area contributed by atoms with Crippen molar-refractivity contribution in [3.63, 3.8) is 0 Å². The third-order valence-corrected chi connectivity index (χ3v) is 2.99. The van der Waals surface area contributed by atoms with Gasteiger partial charge in [0.05, 0.1) is 5.69 Å². The van der Waals surface area contributed by atoms with Crippen molar-refractivity contribution in [2.75, 3.05) is 0 Å². The Hall–Kier alpha value is -2.10. The lowest BCUT2D eigenvalue weighted by atomic mass is 9.87. The first-order chi connectivity index (χ1) is 8.82. The average Bonchev–Trinajstić information content (AvgIpc) is 2.64. The number of hydrogen-bond acceptors (Lipinski definition) is 2. The normalized spacial score (nSPS) is 11.6. The molecule has 0 amide bonds. The minimum absolute atomic E-state index is 0.138. The highest BCUT2D eigenvalue weighted by molar-refractivity contribution is 6.00. The number of nitrogens with zero attached hydrogens (tertiary/aromatic N) is 1. The molecule has 0 saturated carbocycles. The number of benzene rings is 1. The number of aromatic nitrogens is 2. The number of nitrogens with one attached hydrogen (secondary N) is 1. The van der Waals surface area contributed by atoms with Crippen molar-refractivity contribution in [1.29, 1.82) is 0 Å². The summed E-state index contributed by atoms with van der Waals surface area (Å²) in [7, 11) is 0. The number of carbonyl (C=O) groups excluding carboxylic acids is 1. The lowest BCUT2D eigenvalue weighted by Crippen LogP contribution is -2.28. The van der Waals surface area contributed by atoms with E-state index in [0.717, 1.165) is 5.69 Å². The number of Topliss-reactive ketones (excluding diaryl/α,β-unsaturated/α-hetero) is 1. The molecule has 0 aliphatic rings. The lowest BCUT2D eigenvalue weighted by Gasteiger charge is -2.14. The maximum absolute atomic E-state index is 12.4. The Labute approximate surface area is 112 Å². The van der Waals surface area contributed by atoms with Crippen LogP contribution in [0.15, 0.2) is 35.1 Å². The number of para-hydroxylation sites is 1. The van der Waals surface area contributed by atoms with Crippen LogP contribution in [0, 0.1) is 12.3 Å². The summed E-state index contributed by atoms with van der Waals surface area (Å²) >= 11 is 0. The van der Waals surface area contributed by atoms with Gasteiger partial charge in [-0.25, -0.2) is 4.68 Å². The molecule has 0 radical (unpaired) electrons. The van der Waals surface area contributed by atoms with Crippen LogP contribution in [0.25, 0.3) is 5.69 Å². The Bertz CT molecular complexity index is 658. The number of carbonyl (C=O) groups is 1. The summed E-state index contributed by atoms with van der Waals surface area (Å²) < 4.78 is 1.41. The van der Waals surface area contributed by atoms with Crippen LogP contribution >= 0.6 is 0 Å². The maximum atomic E-state index is 12.4. The van der Waals surface area contributed by atoms with Crippen LogP contribution in [0.1, 0.15) is 36.8 Å². The summed E-state index contributed by atoms with van der Waals surface area (Å²) in [5.41, 5.74) is 0.720. The number of aryl methyl sites for hydroxylation is 1. The molecule has 100 valence electrons. The summed E-state index contributed by atoms with van der Waals surface area (Å²) in [6, 6.07) is 9.23. The van der Waals surface area contributed by atoms with Crippen LogP contribution in [0.5, 0.6) is 0 Å². The molecule has 0 atom stereocenters. The predicted octanol–water partition coefficient (Wildman–Crippen LogP) is 2.70. The molecule has 19 heavy (non-hydrogen) atoms. The van der Waals surface area contributed by atoms with Gasteiger partial charge in [0.25, 0.3) is 5.56 Å². The Kier molecular flexibility index (Phi) is 3.18. The summed E-state index contributed by atoms with van der Waals surface area (Å²) in [4.78, 5) is 24.7. The van der Waals surface area contributed by atoms with Gasteiger partial charge in [-0.05, 0) is 19.1 Å². The van der Waals surface area contributed by atoms with E-state index in [0.29, 0.717) is 5.69 Å². The molecule has 2 rings (SSSR count). The van der Waals surface area contributed by atoms with Gasteiger partial charge in [-0.2, -0.15) is 0 Å². The van der Waals surface area contributed by atoms with Crippen molar-refractivity contribution in [2.24, 2.45) is 5.41 Å². The van der Waals surface area contributed by atoms with Gasteiger partial charge in [-0.3, -0.25) is 14.7 Å². The molecule has 0 unspecified atom stereocenters. The van der Waals surface area contributed by atoms with E-state index in [1.54, 1.807) is 6.92 Å². The van der Waals surface area contributed by atoms with Gasteiger partial charge in [0.2, 0.25) is 0 Å². The van der Waals surface area contributed by atoms with Crippen LogP contribution in [-0.4, -0.2) is 15.6 Å². The standard InChI is InChI=1S/C15H18N2O2/c1-10-12(13(18)15(2,3)4)14(19)17(16-10)11-8-6-5-7-9-11/h5-9,16H,1-4H3. The monoisotopic (exact) mass is 258 g/mol. The average molecular weight is 258 g/mol. The van der Waals surface area contributed by atoms with Crippen LogP contribution in [0.3, 0.4) is 0 Å². The van der Waals surface area contributed by atoms with Crippen molar-refractivity contribution in [1.82, 2.24) is 9.78 Å². The Morgan fingerprint density at radius 3 is 2.26 bits per heavy atom. The van der Waals surface area contributed by atoms with Crippen molar-refractivity contribution in [3.05, 3.63) is 51.9 Å². The highest BCUT2D eigenvalue weighted by Crippen LogP contribution is 2.20. The van der Waals surface area contributed by atoms with Crippen molar-refractivity contribution < 1.29 is 4.79 Å². The second-order valence-corrected chi connectivity index (χ2v) is 5.67. The molecule has 0 aliphatic carbocycles. The van der Waals surface area contributed by atoms with Crippen LogP contribution in [0.4, 0.5) is 0 Å². The molecule has 0 aliphatic heterocycles. The molecular formula is C15H18N2O2. The molecule has 1 heterocycles. The molecule has 0 saturated heterocycles. The lowest BCUT2D eigenvalue weighted by molar-refractivity contribution is 0.0856. The molecule has 4 nitrogen and oxygen atoms in total. The van der Waals surface area contributed by atoms with E-state index >= 15 is 0 Å². The summed E-state index contributed by atoms with van der Waals surface area (Å²) in [5, 5.41) is 2.97. The van der Waals surface area contributed by atoms with E-state index in [-0.39, 0.29) is 16.9 Å². The molecule has 0 fully saturated rings. The zero-order chi connectivity index (χ0) is 14.2. The van der Waals surface area contributed by atoms with Gasteiger partial charge < -0.3 is 0 Å². The molecule has 1 aromatic carbocycles. The van der Waals surface area contributed by atoms with E-state index in [1.165, 1.54) is 4.68 Å². The highest BCUT2D eigenvalue weighted by Gasteiger charge is 2.29. The Morgan fingerprint density at radius 2 is 1.74 bits per heavy atom. The van der Waals surface area contributed by atoms with Crippen molar-refractivity contribution in [3.8, 4) is 5.69 Å². The predicted molar refractivity (Wildman–Crippen MR) is 74.9 cm³/mol. The van der Waals surface area contributed by atoms with E-state index in [9.17, 15) is 9.59 Å². The summed E-state index contributed by atoms with van der Waals surface area (Å²) in [6.07, 6.45) is 0. The number of hydrogen-bond donors (Lipinski definition) is 1. The second-order valence-electron chi connectivity index (χ2n) is 5.67. The zero-order valence-corrected chi connectivity index (χ0v) is 11.7.